The zero-order chi connectivity index (χ0) is 19.3. The van der Waals surface area contributed by atoms with Gasteiger partial charge in [-0.05, 0) is 6.92 Å². The van der Waals surface area contributed by atoms with Crippen LogP contribution in [0.5, 0.6) is 0 Å². The van der Waals surface area contributed by atoms with Gasteiger partial charge < -0.3 is 4.52 Å². The zero-order valence-corrected chi connectivity index (χ0v) is 16.3. The van der Waals surface area contributed by atoms with Gasteiger partial charge in [0.2, 0.25) is 11.7 Å². The molecule has 0 aliphatic rings. The van der Waals surface area contributed by atoms with E-state index >= 15 is 0 Å². The average molecular weight is 389 g/mol. The highest BCUT2D eigenvalue weighted by Crippen LogP contribution is 2.27. The van der Waals surface area contributed by atoms with E-state index in [0.717, 1.165) is 22.1 Å². The van der Waals surface area contributed by atoms with E-state index in [1.807, 2.05) is 72.2 Å². The highest BCUT2D eigenvalue weighted by molar-refractivity contribution is 7.98. The Hall–Kier alpha value is -3.19. The van der Waals surface area contributed by atoms with Gasteiger partial charge in [0.25, 0.3) is 0 Å². The van der Waals surface area contributed by atoms with Gasteiger partial charge in [-0.1, -0.05) is 83.2 Å². The summed E-state index contributed by atoms with van der Waals surface area (Å²) in [4.78, 5) is 4.49. The smallest absolute Gasteiger partial charge is 0.237 e. The van der Waals surface area contributed by atoms with Crippen LogP contribution in [0.1, 0.15) is 11.5 Å². The topological polar surface area (TPSA) is 69.6 Å². The molecule has 4 aromatic rings. The number of allylic oxidation sites excluding steroid dienone is 1. The van der Waals surface area contributed by atoms with Crippen molar-refractivity contribution in [2.45, 2.75) is 24.4 Å². The molecular formula is C21H19N5OS. The molecule has 2 aromatic carbocycles. The summed E-state index contributed by atoms with van der Waals surface area (Å²) >= 11 is 1.51. The molecule has 0 amide bonds. The molecule has 0 radical (unpaired) electrons. The third kappa shape index (κ3) is 3.89. The van der Waals surface area contributed by atoms with Crippen molar-refractivity contribution >= 4 is 11.8 Å². The molecule has 0 saturated carbocycles. The molecule has 0 fully saturated rings. The Morgan fingerprint density at radius 2 is 1.82 bits per heavy atom. The number of rotatable bonds is 7. The van der Waals surface area contributed by atoms with Gasteiger partial charge in [-0.2, -0.15) is 4.98 Å². The molecule has 7 heteroatoms. The molecule has 0 aliphatic carbocycles. The second-order valence-corrected chi connectivity index (χ2v) is 7.18. The molecule has 2 heterocycles. The van der Waals surface area contributed by atoms with Crippen molar-refractivity contribution in [1.82, 2.24) is 24.9 Å². The van der Waals surface area contributed by atoms with Crippen LogP contribution in [0.4, 0.5) is 0 Å². The van der Waals surface area contributed by atoms with Gasteiger partial charge in [0, 0.05) is 17.7 Å². The van der Waals surface area contributed by atoms with Crippen molar-refractivity contribution in [2.75, 3.05) is 0 Å². The van der Waals surface area contributed by atoms with Crippen molar-refractivity contribution in [1.29, 1.82) is 0 Å². The fourth-order valence-corrected chi connectivity index (χ4v) is 3.53. The molecule has 0 unspecified atom stereocenters. The van der Waals surface area contributed by atoms with Crippen LogP contribution in [-0.2, 0) is 12.3 Å². The van der Waals surface area contributed by atoms with Crippen LogP contribution in [0.25, 0.3) is 22.8 Å². The van der Waals surface area contributed by atoms with Gasteiger partial charge in [0.05, 0.1) is 5.75 Å². The molecule has 0 bridgehead atoms. The second kappa shape index (κ2) is 8.22. The average Bonchev–Trinajstić information content (AvgIpc) is 3.35. The predicted molar refractivity (Wildman–Crippen MR) is 110 cm³/mol. The number of benzene rings is 2. The van der Waals surface area contributed by atoms with Gasteiger partial charge in [0.15, 0.2) is 11.0 Å². The van der Waals surface area contributed by atoms with Crippen molar-refractivity contribution in [3.05, 3.63) is 78.7 Å². The Labute approximate surface area is 167 Å². The molecule has 0 aliphatic heterocycles. The lowest BCUT2D eigenvalue weighted by Gasteiger charge is -2.06. The normalized spacial score (nSPS) is 10.9. The maximum absolute atomic E-state index is 5.40. The van der Waals surface area contributed by atoms with E-state index in [2.05, 4.69) is 26.9 Å². The van der Waals surface area contributed by atoms with Crippen molar-refractivity contribution in [2.24, 2.45) is 0 Å². The van der Waals surface area contributed by atoms with Crippen LogP contribution in [0, 0.1) is 6.92 Å². The quantitative estimate of drug-likeness (QED) is 0.335. The van der Waals surface area contributed by atoms with Crippen molar-refractivity contribution in [3.63, 3.8) is 0 Å². The fraction of sp³-hybridized carbons (Fsp3) is 0.143. The highest BCUT2D eigenvalue weighted by Gasteiger charge is 2.15. The van der Waals surface area contributed by atoms with Crippen LogP contribution in [0.15, 0.2) is 76.9 Å². The summed E-state index contributed by atoms with van der Waals surface area (Å²) in [6, 6.07) is 18.0. The van der Waals surface area contributed by atoms with Crippen LogP contribution >= 0.6 is 11.8 Å². The zero-order valence-electron chi connectivity index (χ0n) is 15.4. The maximum Gasteiger partial charge on any atom is 0.237 e. The third-order valence-corrected chi connectivity index (χ3v) is 5.11. The number of nitrogens with zero attached hydrogens (tertiary/aromatic N) is 5. The number of thioether (sulfide) groups is 1. The lowest BCUT2D eigenvalue weighted by atomic mass is 10.1. The molecule has 0 atom stereocenters. The molecule has 6 nitrogen and oxygen atoms in total. The monoisotopic (exact) mass is 389 g/mol. The molecule has 0 spiro atoms. The van der Waals surface area contributed by atoms with Crippen LogP contribution in [0.2, 0.25) is 0 Å². The highest BCUT2D eigenvalue weighted by atomic mass is 32.2. The fourth-order valence-electron chi connectivity index (χ4n) is 2.75. The van der Waals surface area contributed by atoms with E-state index < -0.39 is 0 Å². The summed E-state index contributed by atoms with van der Waals surface area (Å²) in [5.41, 5.74) is 3.15. The van der Waals surface area contributed by atoms with Gasteiger partial charge in [0.1, 0.15) is 0 Å². The van der Waals surface area contributed by atoms with E-state index in [1.165, 1.54) is 17.3 Å². The third-order valence-electron chi connectivity index (χ3n) is 4.16. The Morgan fingerprint density at radius 1 is 1.04 bits per heavy atom. The summed E-state index contributed by atoms with van der Waals surface area (Å²) < 4.78 is 7.43. The molecular weight excluding hydrogens is 370 g/mol. The van der Waals surface area contributed by atoms with E-state index in [4.69, 9.17) is 4.52 Å². The minimum Gasteiger partial charge on any atom is -0.338 e. The van der Waals surface area contributed by atoms with Gasteiger partial charge in [-0.3, -0.25) is 4.57 Å². The van der Waals surface area contributed by atoms with Crippen LogP contribution < -0.4 is 0 Å². The molecule has 140 valence electrons. The number of hydrogen-bond acceptors (Lipinski definition) is 6. The Morgan fingerprint density at radius 3 is 2.57 bits per heavy atom. The summed E-state index contributed by atoms with van der Waals surface area (Å²) in [5.74, 6) is 2.47. The van der Waals surface area contributed by atoms with Crippen LogP contribution in [-0.4, -0.2) is 24.9 Å². The summed E-state index contributed by atoms with van der Waals surface area (Å²) in [6.45, 7) is 6.52. The minimum absolute atomic E-state index is 0.517. The van der Waals surface area contributed by atoms with Gasteiger partial charge in [-0.25, -0.2) is 0 Å². The van der Waals surface area contributed by atoms with Crippen LogP contribution in [0.3, 0.4) is 0 Å². The summed E-state index contributed by atoms with van der Waals surface area (Å²) in [6.07, 6.45) is 1.84. The number of hydrogen-bond donors (Lipinski definition) is 0. The molecule has 0 saturated heterocycles. The maximum atomic E-state index is 5.40. The number of aromatic nitrogens is 5. The van der Waals surface area contributed by atoms with E-state index in [0.29, 0.717) is 24.0 Å². The number of aryl methyl sites for hydroxylation is 1. The first kappa shape index (κ1) is 18.2. The van der Waals surface area contributed by atoms with Gasteiger partial charge in [-0.15, -0.1) is 16.8 Å². The Kier molecular flexibility index (Phi) is 5.34. The lowest BCUT2D eigenvalue weighted by Crippen LogP contribution is -2.00. The first-order valence-corrected chi connectivity index (χ1v) is 9.85. The standard InChI is InChI=1S/C21H19N5OS/c1-3-13-26-20(17-7-5-4-6-8-17)23-24-21(26)28-14-18-22-19(25-27-18)16-11-9-15(2)10-12-16/h3-12H,1,13-14H2,2H3. The van der Waals surface area contributed by atoms with Gasteiger partial charge >= 0.3 is 0 Å². The minimum atomic E-state index is 0.517. The molecule has 4 rings (SSSR count). The largest absolute Gasteiger partial charge is 0.338 e. The Bertz CT molecular complexity index is 1070. The van der Waals surface area contributed by atoms with E-state index in [1.54, 1.807) is 0 Å². The first-order chi connectivity index (χ1) is 13.7. The SMILES string of the molecule is C=CCn1c(SCc2nc(-c3ccc(C)cc3)no2)nnc1-c1ccccc1. The lowest BCUT2D eigenvalue weighted by molar-refractivity contribution is 0.391. The van der Waals surface area contributed by atoms with E-state index in [9.17, 15) is 0 Å². The predicted octanol–water partition coefficient (Wildman–Crippen LogP) is 4.78. The second-order valence-electron chi connectivity index (χ2n) is 6.24. The molecule has 2 aromatic heterocycles. The summed E-state index contributed by atoms with van der Waals surface area (Å²) in [5, 5.41) is 13.6. The van der Waals surface area contributed by atoms with E-state index in [-0.39, 0.29) is 0 Å². The van der Waals surface area contributed by atoms with Crippen molar-refractivity contribution < 1.29 is 4.52 Å². The summed E-state index contributed by atoms with van der Waals surface area (Å²) in [7, 11) is 0. The first-order valence-electron chi connectivity index (χ1n) is 8.86. The Balaban J connectivity index is 1.52. The molecule has 28 heavy (non-hydrogen) atoms. The molecule has 0 N–H and O–H groups in total. The van der Waals surface area contributed by atoms with Crippen molar-refractivity contribution in [3.8, 4) is 22.8 Å².